The number of fused-ring (bicyclic) bond motifs is 3. The lowest BCUT2D eigenvalue weighted by Crippen LogP contribution is -2.32. The molecule has 0 N–H and O–H groups in total. The zero-order valence-corrected chi connectivity index (χ0v) is 17.1. The van der Waals surface area contributed by atoms with Crippen molar-refractivity contribution in [2.24, 2.45) is 0 Å². The number of hydrogen-bond donors (Lipinski definition) is 0. The smallest absolute Gasteiger partial charge is 0.289 e. The van der Waals surface area contributed by atoms with Gasteiger partial charge in [0.25, 0.3) is 5.91 Å². The molecule has 31 heavy (non-hydrogen) atoms. The molecule has 0 aliphatic rings. The van der Waals surface area contributed by atoms with Crippen molar-refractivity contribution in [3.8, 4) is 0 Å². The fraction of sp³-hybridized carbons (Fsp3) is 0.167. The third-order valence-corrected chi connectivity index (χ3v) is 5.39. The number of carbonyl (C=O) groups excluding carboxylic acids is 1. The fourth-order valence-corrected chi connectivity index (χ4v) is 3.82. The van der Waals surface area contributed by atoms with Crippen LogP contribution in [-0.4, -0.2) is 37.4 Å². The van der Waals surface area contributed by atoms with E-state index in [2.05, 4.69) is 46.7 Å². The molecule has 0 unspecified atom stereocenters. The van der Waals surface area contributed by atoms with Gasteiger partial charge in [-0.3, -0.25) is 4.79 Å². The molecule has 5 rings (SSSR count). The molecule has 0 saturated carbocycles. The second-order valence-corrected chi connectivity index (χ2v) is 7.59. The quantitative estimate of drug-likeness (QED) is 0.421. The zero-order valence-electron chi connectivity index (χ0n) is 17.1. The van der Waals surface area contributed by atoms with Gasteiger partial charge < -0.3 is 9.32 Å². The van der Waals surface area contributed by atoms with Crippen LogP contribution in [0.3, 0.4) is 0 Å². The van der Waals surface area contributed by atoms with Crippen LogP contribution in [0, 0.1) is 6.92 Å². The number of carbonyl (C=O) groups is 1. The van der Waals surface area contributed by atoms with E-state index in [9.17, 15) is 4.79 Å². The Balaban J connectivity index is 1.52. The van der Waals surface area contributed by atoms with Crippen molar-refractivity contribution in [1.29, 1.82) is 0 Å². The number of aromatic nitrogens is 4. The van der Waals surface area contributed by atoms with E-state index >= 15 is 0 Å². The van der Waals surface area contributed by atoms with Gasteiger partial charge in [-0.15, -0.1) is 5.10 Å². The molecule has 0 atom stereocenters. The maximum absolute atomic E-state index is 13.2. The van der Waals surface area contributed by atoms with Gasteiger partial charge in [0, 0.05) is 24.0 Å². The number of rotatable bonds is 6. The standard InChI is InChI=1S/C24H21N5O2/c1-17-9-10-21-19(14-17)15-20(23-25-26-27-29(21)23)16-28(24(30)22-8-5-13-31-22)12-11-18-6-3-2-4-7-18/h2-10,13-15H,11-12,16H2,1H3. The van der Waals surface area contributed by atoms with E-state index in [1.54, 1.807) is 21.5 Å². The molecule has 0 aliphatic carbocycles. The van der Waals surface area contributed by atoms with Crippen molar-refractivity contribution in [2.75, 3.05) is 6.54 Å². The van der Waals surface area contributed by atoms with Gasteiger partial charge in [-0.25, -0.2) is 0 Å². The summed E-state index contributed by atoms with van der Waals surface area (Å²) in [6.07, 6.45) is 2.25. The first-order chi connectivity index (χ1) is 15.2. The van der Waals surface area contributed by atoms with E-state index in [0.29, 0.717) is 24.5 Å². The molecule has 2 aromatic carbocycles. The third-order valence-electron chi connectivity index (χ3n) is 5.39. The summed E-state index contributed by atoms with van der Waals surface area (Å²) in [5.41, 5.74) is 4.79. The van der Waals surface area contributed by atoms with Gasteiger partial charge in [0.1, 0.15) is 0 Å². The third kappa shape index (κ3) is 3.77. The Morgan fingerprint density at radius 2 is 1.94 bits per heavy atom. The van der Waals surface area contributed by atoms with Gasteiger partial charge in [-0.1, -0.05) is 42.0 Å². The summed E-state index contributed by atoms with van der Waals surface area (Å²) in [7, 11) is 0. The SMILES string of the molecule is Cc1ccc2c(c1)cc(CN(CCc1ccccc1)C(=O)c1ccco1)c1nnnn12. The first-order valence-corrected chi connectivity index (χ1v) is 10.2. The highest BCUT2D eigenvalue weighted by atomic mass is 16.3. The highest BCUT2D eigenvalue weighted by molar-refractivity contribution is 5.91. The number of amides is 1. The average molecular weight is 411 g/mol. The number of pyridine rings is 1. The molecule has 7 nitrogen and oxygen atoms in total. The van der Waals surface area contributed by atoms with Gasteiger partial charge in [-0.2, -0.15) is 4.52 Å². The van der Waals surface area contributed by atoms with Crippen molar-refractivity contribution >= 4 is 22.5 Å². The van der Waals surface area contributed by atoms with E-state index < -0.39 is 0 Å². The van der Waals surface area contributed by atoms with Crippen molar-refractivity contribution in [2.45, 2.75) is 19.9 Å². The van der Waals surface area contributed by atoms with E-state index in [-0.39, 0.29) is 5.91 Å². The monoisotopic (exact) mass is 411 g/mol. The van der Waals surface area contributed by atoms with Crippen molar-refractivity contribution in [3.05, 3.63) is 95.4 Å². The number of hydrogen-bond acceptors (Lipinski definition) is 5. The van der Waals surface area contributed by atoms with E-state index in [4.69, 9.17) is 4.42 Å². The molecule has 0 saturated heterocycles. The number of furan rings is 1. The van der Waals surface area contributed by atoms with Crippen molar-refractivity contribution in [3.63, 3.8) is 0 Å². The van der Waals surface area contributed by atoms with Crippen LogP contribution in [0.2, 0.25) is 0 Å². The summed E-state index contributed by atoms with van der Waals surface area (Å²) >= 11 is 0. The van der Waals surface area contributed by atoms with Gasteiger partial charge in [0.15, 0.2) is 11.4 Å². The second-order valence-electron chi connectivity index (χ2n) is 7.59. The molecule has 3 aromatic heterocycles. The first-order valence-electron chi connectivity index (χ1n) is 10.2. The summed E-state index contributed by atoms with van der Waals surface area (Å²) in [5, 5.41) is 13.3. The van der Waals surface area contributed by atoms with Crippen LogP contribution in [-0.2, 0) is 13.0 Å². The normalized spacial score (nSPS) is 11.3. The summed E-state index contributed by atoms with van der Waals surface area (Å²) in [6, 6.07) is 21.8. The number of nitrogens with zero attached hydrogens (tertiary/aromatic N) is 5. The van der Waals surface area contributed by atoms with Gasteiger partial charge in [0.2, 0.25) is 0 Å². The average Bonchev–Trinajstić information content (AvgIpc) is 3.49. The Morgan fingerprint density at radius 3 is 2.74 bits per heavy atom. The Kier molecular flexibility index (Phi) is 4.92. The molecule has 5 aromatic rings. The predicted molar refractivity (Wildman–Crippen MR) is 117 cm³/mol. The van der Waals surface area contributed by atoms with Crippen LogP contribution in [0.5, 0.6) is 0 Å². The predicted octanol–water partition coefficient (Wildman–Crippen LogP) is 4.06. The molecule has 7 heteroatoms. The molecule has 0 spiro atoms. The first kappa shape index (κ1) is 19.0. The van der Waals surface area contributed by atoms with Crippen LogP contribution in [0.4, 0.5) is 0 Å². The lowest BCUT2D eigenvalue weighted by molar-refractivity contribution is 0.0713. The van der Waals surface area contributed by atoms with Gasteiger partial charge in [-0.05, 0) is 59.7 Å². The highest BCUT2D eigenvalue weighted by Crippen LogP contribution is 2.22. The minimum Gasteiger partial charge on any atom is -0.459 e. The molecule has 0 aliphatic heterocycles. The molecule has 0 radical (unpaired) electrons. The maximum Gasteiger partial charge on any atom is 0.289 e. The van der Waals surface area contributed by atoms with Crippen LogP contribution >= 0.6 is 0 Å². The fourth-order valence-electron chi connectivity index (χ4n) is 3.82. The summed E-state index contributed by atoms with van der Waals surface area (Å²) in [5.74, 6) is 0.163. The Labute approximate surface area is 178 Å². The number of aryl methyl sites for hydroxylation is 1. The summed E-state index contributed by atoms with van der Waals surface area (Å²) in [6.45, 7) is 2.97. The largest absolute Gasteiger partial charge is 0.459 e. The van der Waals surface area contributed by atoms with Crippen LogP contribution in [0.1, 0.15) is 27.2 Å². The molecule has 0 fully saturated rings. The maximum atomic E-state index is 13.2. The Morgan fingerprint density at radius 1 is 1.06 bits per heavy atom. The number of benzene rings is 2. The van der Waals surface area contributed by atoms with Gasteiger partial charge >= 0.3 is 0 Å². The zero-order chi connectivity index (χ0) is 21.2. The molecule has 154 valence electrons. The molecule has 0 bridgehead atoms. The van der Waals surface area contributed by atoms with Crippen molar-refractivity contribution in [1.82, 2.24) is 24.9 Å². The van der Waals surface area contributed by atoms with Crippen LogP contribution < -0.4 is 0 Å². The minimum atomic E-state index is -0.157. The van der Waals surface area contributed by atoms with Crippen LogP contribution in [0.15, 0.2) is 77.4 Å². The lowest BCUT2D eigenvalue weighted by Gasteiger charge is -2.22. The molecular formula is C24H21N5O2. The topological polar surface area (TPSA) is 76.5 Å². The van der Waals surface area contributed by atoms with Crippen molar-refractivity contribution < 1.29 is 9.21 Å². The van der Waals surface area contributed by atoms with E-state index in [0.717, 1.165) is 28.5 Å². The van der Waals surface area contributed by atoms with E-state index in [1.165, 1.54) is 11.8 Å². The number of tetrazole rings is 1. The second kappa shape index (κ2) is 8.02. The highest BCUT2D eigenvalue weighted by Gasteiger charge is 2.21. The lowest BCUT2D eigenvalue weighted by atomic mass is 10.1. The molecule has 1 amide bonds. The molecule has 3 heterocycles. The summed E-state index contributed by atoms with van der Waals surface area (Å²) in [4.78, 5) is 15.0. The van der Waals surface area contributed by atoms with Crippen LogP contribution in [0.25, 0.3) is 16.6 Å². The minimum absolute atomic E-state index is 0.157. The Bertz CT molecular complexity index is 1340. The summed E-state index contributed by atoms with van der Waals surface area (Å²) < 4.78 is 7.12. The van der Waals surface area contributed by atoms with Gasteiger partial charge in [0.05, 0.1) is 11.8 Å². The Hall–Kier alpha value is -4.00. The van der Waals surface area contributed by atoms with E-state index in [1.807, 2.05) is 30.3 Å². The molecular weight excluding hydrogens is 390 g/mol.